The molecule has 2 aliphatic heterocycles. The molecular formula is C23H26N6O. The van der Waals surface area contributed by atoms with Gasteiger partial charge in [0.05, 0.1) is 12.0 Å². The first-order chi connectivity index (χ1) is 14.5. The first-order valence-corrected chi connectivity index (χ1v) is 10.4. The van der Waals surface area contributed by atoms with Crippen LogP contribution in [0.25, 0.3) is 5.69 Å². The van der Waals surface area contributed by atoms with Gasteiger partial charge in [-0.25, -0.2) is 10.4 Å². The summed E-state index contributed by atoms with van der Waals surface area (Å²) in [6, 6.07) is 10.7. The van der Waals surface area contributed by atoms with Crippen LogP contribution in [0.5, 0.6) is 0 Å². The van der Waals surface area contributed by atoms with Gasteiger partial charge in [0, 0.05) is 36.6 Å². The molecule has 1 aromatic carbocycles. The molecular weight excluding hydrogens is 376 g/mol. The highest BCUT2D eigenvalue weighted by molar-refractivity contribution is 5.52. The van der Waals surface area contributed by atoms with Crippen LogP contribution in [0.2, 0.25) is 0 Å². The second-order valence-corrected chi connectivity index (χ2v) is 8.62. The van der Waals surface area contributed by atoms with Gasteiger partial charge in [0.1, 0.15) is 17.5 Å². The lowest BCUT2D eigenvalue weighted by Gasteiger charge is -2.29. The summed E-state index contributed by atoms with van der Waals surface area (Å²) in [5.74, 6) is 2.67. The molecule has 2 aromatic rings. The van der Waals surface area contributed by atoms with Gasteiger partial charge in [-0.15, -0.1) is 0 Å². The third-order valence-corrected chi connectivity index (χ3v) is 6.19. The molecule has 1 fully saturated rings. The van der Waals surface area contributed by atoms with Gasteiger partial charge in [0.25, 0.3) is 0 Å². The molecule has 0 spiro atoms. The number of nitrogens with zero attached hydrogens (tertiary/aromatic N) is 4. The van der Waals surface area contributed by atoms with Crippen LogP contribution in [0.4, 0.5) is 0 Å². The van der Waals surface area contributed by atoms with Crippen molar-refractivity contribution < 1.29 is 4.74 Å². The molecule has 2 atom stereocenters. The molecule has 3 heterocycles. The zero-order valence-electron chi connectivity index (χ0n) is 17.5. The minimum atomic E-state index is -0.233. The molecule has 0 amide bonds. The van der Waals surface area contributed by atoms with E-state index in [-0.39, 0.29) is 17.8 Å². The maximum absolute atomic E-state index is 9.88. The predicted molar refractivity (Wildman–Crippen MR) is 113 cm³/mol. The first kappa shape index (κ1) is 18.8. The lowest BCUT2D eigenvalue weighted by molar-refractivity contribution is 0.149. The number of hydrogen-bond donors (Lipinski definition) is 2. The zero-order chi connectivity index (χ0) is 21.0. The fourth-order valence-corrected chi connectivity index (χ4v) is 4.53. The molecule has 3 aliphatic rings. The zero-order valence-corrected chi connectivity index (χ0v) is 17.5. The van der Waals surface area contributed by atoms with E-state index < -0.39 is 0 Å². The Morgan fingerprint density at radius 1 is 1.27 bits per heavy atom. The van der Waals surface area contributed by atoms with Crippen molar-refractivity contribution in [3.8, 4) is 11.8 Å². The summed E-state index contributed by atoms with van der Waals surface area (Å²) in [6.45, 7) is 4.32. The van der Waals surface area contributed by atoms with Gasteiger partial charge in [-0.3, -0.25) is 5.01 Å². The van der Waals surface area contributed by atoms with Gasteiger partial charge in [-0.2, -0.15) is 5.26 Å². The van der Waals surface area contributed by atoms with E-state index in [1.807, 2.05) is 24.5 Å². The number of hydrogen-bond acceptors (Lipinski definition) is 6. The number of hydrazine groups is 1. The summed E-state index contributed by atoms with van der Waals surface area (Å²) >= 11 is 0. The monoisotopic (exact) mass is 402 g/mol. The van der Waals surface area contributed by atoms with Crippen LogP contribution in [-0.2, 0) is 4.74 Å². The molecule has 7 nitrogen and oxygen atoms in total. The fourth-order valence-electron chi connectivity index (χ4n) is 4.53. The minimum absolute atomic E-state index is 0.0706. The Morgan fingerprint density at radius 2 is 2.00 bits per heavy atom. The normalized spacial score (nSPS) is 23.6. The van der Waals surface area contributed by atoms with Crippen LogP contribution in [0, 0.1) is 17.2 Å². The molecule has 1 aliphatic carbocycles. The standard InChI is InChI=1S/C23H26N6O/c1-13(2)20-19-18(17(12-24)21(25)30-23(19)28(3)27-20)14-6-8-16(9-7-14)29-11-10-26-22(29)15-4-5-15/h6-11,13,15,18,20,27H,4-5,25H2,1-3H3. The summed E-state index contributed by atoms with van der Waals surface area (Å²) in [7, 11) is 1.92. The Morgan fingerprint density at radius 3 is 2.63 bits per heavy atom. The first-order valence-electron chi connectivity index (χ1n) is 10.4. The van der Waals surface area contributed by atoms with Gasteiger partial charge < -0.3 is 15.0 Å². The lowest BCUT2D eigenvalue weighted by atomic mass is 9.78. The molecule has 0 radical (unpaired) electrons. The van der Waals surface area contributed by atoms with Crippen molar-refractivity contribution in [1.82, 2.24) is 20.0 Å². The van der Waals surface area contributed by atoms with Crippen molar-refractivity contribution in [3.63, 3.8) is 0 Å². The van der Waals surface area contributed by atoms with E-state index in [0.29, 0.717) is 23.3 Å². The van der Waals surface area contributed by atoms with E-state index in [0.717, 1.165) is 22.6 Å². The molecule has 154 valence electrons. The highest BCUT2D eigenvalue weighted by atomic mass is 16.5. The van der Waals surface area contributed by atoms with E-state index >= 15 is 0 Å². The molecule has 1 aromatic heterocycles. The van der Waals surface area contributed by atoms with Gasteiger partial charge in [0.2, 0.25) is 11.8 Å². The summed E-state index contributed by atoms with van der Waals surface area (Å²) in [5.41, 5.74) is 13.2. The number of rotatable bonds is 4. The summed E-state index contributed by atoms with van der Waals surface area (Å²) < 4.78 is 8.02. The second kappa shape index (κ2) is 6.92. The maximum Gasteiger partial charge on any atom is 0.213 e. The Labute approximate surface area is 176 Å². The highest BCUT2D eigenvalue weighted by Crippen LogP contribution is 2.45. The average Bonchev–Trinajstić information content (AvgIpc) is 3.37. The van der Waals surface area contributed by atoms with Gasteiger partial charge in [-0.1, -0.05) is 26.0 Å². The fraction of sp³-hybridized carbons (Fsp3) is 0.391. The van der Waals surface area contributed by atoms with E-state index in [4.69, 9.17) is 10.5 Å². The van der Waals surface area contributed by atoms with Crippen LogP contribution < -0.4 is 11.2 Å². The Balaban J connectivity index is 1.56. The van der Waals surface area contributed by atoms with E-state index in [2.05, 4.69) is 59.2 Å². The number of imidazole rings is 1. The van der Waals surface area contributed by atoms with Crippen molar-refractivity contribution in [2.24, 2.45) is 11.7 Å². The van der Waals surface area contributed by atoms with Crippen LogP contribution in [0.1, 0.15) is 49.9 Å². The Kier molecular flexibility index (Phi) is 4.33. The number of nitrogens with one attached hydrogen (secondary N) is 1. The lowest BCUT2D eigenvalue weighted by Crippen LogP contribution is -2.38. The summed E-state index contributed by atoms with van der Waals surface area (Å²) in [4.78, 5) is 4.54. The van der Waals surface area contributed by atoms with Crippen molar-refractivity contribution >= 4 is 0 Å². The molecule has 1 saturated carbocycles. The molecule has 0 bridgehead atoms. The Hall–Kier alpha value is -3.24. The predicted octanol–water partition coefficient (Wildman–Crippen LogP) is 3.24. The number of ether oxygens (including phenoxy) is 1. The van der Waals surface area contributed by atoms with Crippen LogP contribution in [-0.4, -0.2) is 27.6 Å². The minimum Gasteiger partial charge on any atom is -0.423 e. The van der Waals surface area contributed by atoms with Crippen molar-refractivity contribution in [2.45, 2.75) is 44.6 Å². The number of allylic oxidation sites excluding steroid dienone is 1. The highest BCUT2D eigenvalue weighted by Gasteiger charge is 2.43. The maximum atomic E-state index is 9.88. The van der Waals surface area contributed by atoms with Gasteiger partial charge in [-0.05, 0) is 36.5 Å². The van der Waals surface area contributed by atoms with E-state index in [9.17, 15) is 5.26 Å². The molecule has 3 N–H and O–H groups in total. The third kappa shape index (κ3) is 2.87. The van der Waals surface area contributed by atoms with Gasteiger partial charge >= 0.3 is 0 Å². The number of benzene rings is 1. The molecule has 7 heteroatoms. The molecule has 30 heavy (non-hydrogen) atoms. The largest absolute Gasteiger partial charge is 0.423 e. The van der Waals surface area contributed by atoms with E-state index in [1.54, 1.807) is 0 Å². The number of nitriles is 1. The van der Waals surface area contributed by atoms with Crippen molar-refractivity contribution in [1.29, 1.82) is 5.26 Å². The van der Waals surface area contributed by atoms with Crippen LogP contribution in [0.15, 0.2) is 59.6 Å². The molecule has 5 rings (SSSR count). The van der Waals surface area contributed by atoms with E-state index in [1.165, 1.54) is 12.8 Å². The SMILES string of the molecule is CC(C)C1NN(C)C2=C1C(c1ccc(-n3ccnc3C3CC3)cc1)C(C#N)=C(N)O2. The Bertz CT molecular complexity index is 1080. The number of aromatic nitrogens is 2. The average molecular weight is 403 g/mol. The van der Waals surface area contributed by atoms with Gasteiger partial charge in [0.15, 0.2) is 0 Å². The van der Waals surface area contributed by atoms with Crippen LogP contribution >= 0.6 is 0 Å². The summed E-state index contributed by atoms with van der Waals surface area (Å²) in [6.07, 6.45) is 6.30. The molecule has 2 unspecified atom stereocenters. The summed E-state index contributed by atoms with van der Waals surface area (Å²) in [5, 5.41) is 11.7. The molecule has 0 saturated heterocycles. The second-order valence-electron chi connectivity index (χ2n) is 8.62. The quantitative estimate of drug-likeness (QED) is 0.816. The number of nitrogens with two attached hydrogens (primary N) is 1. The smallest absolute Gasteiger partial charge is 0.213 e. The third-order valence-electron chi connectivity index (χ3n) is 6.19. The van der Waals surface area contributed by atoms with Crippen LogP contribution in [0.3, 0.4) is 0 Å². The van der Waals surface area contributed by atoms with Crippen molar-refractivity contribution in [3.05, 3.63) is 71.0 Å². The topological polar surface area (TPSA) is 92.1 Å². The van der Waals surface area contributed by atoms with Crippen molar-refractivity contribution in [2.75, 3.05) is 7.05 Å².